The summed E-state index contributed by atoms with van der Waals surface area (Å²) in [6, 6.07) is 11.5. The van der Waals surface area contributed by atoms with Gasteiger partial charge in [-0.25, -0.2) is 9.78 Å². The van der Waals surface area contributed by atoms with Gasteiger partial charge in [0.05, 0.1) is 6.54 Å². The summed E-state index contributed by atoms with van der Waals surface area (Å²) in [4.78, 5) is 31.7. The molecule has 148 valence electrons. The molecule has 28 heavy (non-hydrogen) atoms. The number of anilines is 2. The van der Waals surface area contributed by atoms with Gasteiger partial charge in [0.25, 0.3) is 0 Å². The molecule has 0 bridgehead atoms. The number of hydrogen-bond acceptors (Lipinski definition) is 5. The zero-order valence-electron chi connectivity index (χ0n) is 16.0. The molecule has 8 heteroatoms. The fourth-order valence-electron chi connectivity index (χ4n) is 3.35. The number of rotatable bonds is 6. The third-order valence-corrected chi connectivity index (χ3v) is 4.80. The topological polar surface area (TPSA) is 104 Å². The maximum atomic E-state index is 11.8. The molecule has 4 N–H and O–H groups in total. The van der Waals surface area contributed by atoms with Gasteiger partial charge < -0.3 is 26.2 Å². The summed E-state index contributed by atoms with van der Waals surface area (Å²) >= 11 is 0. The second-order valence-corrected chi connectivity index (χ2v) is 6.74. The number of pyridine rings is 1. The predicted molar refractivity (Wildman–Crippen MR) is 109 cm³/mol. The Morgan fingerprint density at radius 2 is 1.75 bits per heavy atom. The minimum absolute atomic E-state index is 0.139. The number of piperazine rings is 1. The molecule has 1 fully saturated rings. The molecule has 3 rings (SSSR count). The standard InChI is InChI=1S/C20H26N6O2/c1-15-5-2-3-7-17(15)25-9-11-26(12-10-25)19-16(6-4-8-22-19)13-23-18(27)14-24-20(21)28/h2-8H,9-14H2,1H3,(H,23,27)(H3,21,24,28). The first-order chi connectivity index (χ1) is 13.5. The normalized spacial score (nSPS) is 13.9. The molecule has 1 aliphatic heterocycles. The molecule has 0 unspecified atom stereocenters. The van der Waals surface area contributed by atoms with Gasteiger partial charge in [-0.2, -0.15) is 0 Å². The molecular weight excluding hydrogens is 356 g/mol. The molecule has 1 aromatic heterocycles. The van der Waals surface area contributed by atoms with Crippen molar-refractivity contribution in [3.8, 4) is 0 Å². The summed E-state index contributed by atoms with van der Waals surface area (Å²) in [5.74, 6) is 0.591. The van der Waals surface area contributed by atoms with Crippen LogP contribution >= 0.6 is 0 Å². The lowest BCUT2D eigenvalue weighted by Gasteiger charge is -2.38. The number of nitrogens with one attached hydrogen (secondary N) is 2. The first-order valence-corrected chi connectivity index (χ1v) is 9.34. The number of nitrogens with zero attached hydrogens (tertiary/aromatic N) is 3. The smallest absolute Gasteiger partial charge is 0.312 e. The Balaban J connectivity index is 1.60. The van der Waals surface area contributed by atoms with Gasteiger partial charge in [-0.15, -0.1) is 0 Å². The summed E-state index contributed by atoms with van der Waals surface area (Å²) in [6.45, 7) is 5.88. The molecule has 1 saturated heterocycles. The van der Waals surface area contributed by atoms with E-state index in [1.165, 1.54) is 11.3 Å². The average Bonchev–Trinajstić information content (AvgIpc) is 2.71. The highest BCUT2D eigenvalue weighted by Gasteiger charge is 2.21. The van der Waals surface area contributed by atoms with E-state index in [2.05, 4.69) is 56.6 Å². The second-order valence-electron chi connectivity index (χ2n) is 6.74. The monoisotopic (exact) mass is 382 g/mol. The van der Waals surface area contributed by atoms with Gasteiger partial charge in [0.2, 0.25) is 5.91 Å². The summed E-state index contributed by atoms with van der Waals surface area (Å²) < 4.78 is 0. The molecular formula is C20H26N6O2. The van der Waals surface area contributed by atoms with Crippen molar-refractivity contribution in [1.82, 2.24) is 15.6 Å². The first-order valence-electron chi connectivity index (χ1n) is 9.34. The molecule has 0 radical (unpaired) electrons. The second kappa shape index (κ2) is 9.07. The van der Waals surface area contributed by atoms with Gasteiger partial charge in [0.15, 0.2) is 0 Å². The molecule has 2 heterocycles. The van der Waals surface area contributed by atoms with Crippen LogP contribution in [0.4, 0.5) is 16.3 Å². The number of benzene rings is 1. The third-order valence-electron chi connectivity index (χ3n) is 4.80. The molecule has 0 aliphatic carbocycles. The van der Waals surface area contributed by atoms with Crippen LogP contribution in [0.5, 0.6) is 0 Å². The van der Waals surface area contributed by atoms with E-state index in [1.54, 1.807) is 6.20 Å². The van der Waals surface area contributed by atoms with E-state index < -0.39 is 6.03 Å². The number of aromatic nitrogens is 1. The number of carbonyl (C=O) groups is 2. The Bertz CT molecular complexity index is 833. The van der Waals surface area contributed by atoms with Crippen LogP contribution in [0.3, 0.4) is 0 Å². The van der Waals surface area contributed by atoms with Gasteiger partial charge in [0, 0.05) is 50.2 Å². The van der Waals surface area contributed by atoms with Crippen molar-refractivity contribution < 1.29 is 9.59 Å². The van der Waals surface area contributed by atoms with Crippen LogP contribution in [0.25, 0.3) is 0 Å². The number of nitrogens with two attached hydrogens (primary N) is 1. The van der Waals surface area contributed by atoms with Crippen molar-refractivity contribution in [1.29, 1.82) is 0 Å². The fraction of sp³-hybridized carbons (Fsp3) is 0.350. The summed E-state index contributed by atoms with van der Waals surface area (Å²) in [7, 11) is 0. The predicted octanol–water partition coefficient (Wildman–Crippen LogP) is 1.00. The van der Waals surface area contributed by atoms with Gasteiger partial charge >= 0.3 is 6.03 Å². The van der Waals surface area contributed by atoms with Crippen molar-refractivity contribution in [3.63, 3.8) is 0 Å². The van der Waals surface area contributed by atoms with Gasteiger partial charge in [0.1, 0.15) is 5.82 Å². The first kappa shape index (κ1) is 19.5. The van der Waals surface area contributed by atoms with Crippen LogP contribution < -0.4 is 26.2 Å². The Morgan fingerprint density at radius 3 is 2.46 bits per heavy atom. The molecule has 2 aromatic rings. The average molecular weight is 382 g/mol. The largest absolute Gasteiger partial charge is 0.368 e. The van der Waals surface area contributed by atoms with Crippen molar-refractivity contribution in [2.75, 3.05) is 42.5 Å². The molecule has 0 atom stereocenters. The highest BCUT2D eigenvalue weighted by Crippen LogP contribution is 2.24. The van der Waals surface area contributed by atoms with E-state index in [0.29, 0.717) is 6.54 Å². The minimum atomic E-state index is -0.719. The van der Waals surface area contributed by atoms with E-state index in [-0.39, 0.29) is 12.5 Å². The summed E-state index contributed by atoms with van der Waals surface area (Å²) in [6.07, 6.45) is 1.77. The Kier molecular flexibility index (Phi) is 6.31. The molecule has 0 saturated carbocycles. The molecule has 1 aliphatic rings. The van der Waals surface area contributed by atoms with Gasteiger partial charge in [-0.05, 0) is 24.6 Å². The van der Waals surface area contributed by atoms with E-state index in [0.717, 1.165) is 37.6 Å². The lowest BCUT2D eigenvalue weighted by molar-refractivity contribution is -0.120. The van der Waals surface area contributed by atoms with Crippen LogP contribution in [0, 0.1) is 6.92 Å². The van der Waals surface area contributed by atoms with Crippen LogP contribution in [0.1, 0.15) is 11.1 Å². The fourth-order valence-corrected chi connectivity index (χ4v) is 3.35. The molecule has 1 aromatic carbocycles. The Hall–Kier alpha value is -3.29. The van der Waals surface area contributed by atoms with Gasteiger partial charge in [-0.1, -0.05) is 24.3 Å². The molecule has 3 amide bonds. The maximum absolute atomic E-state index is 11.8. The lowest BCUT2D eigenvalue weighted by Crippen LogP contribution is -2.47. The van der Waals surface area contributed by atoms with Crippen molar-refractivity contribution in [2.45, 2.75) is 13.5 Å². The van der Waals surface area contributed by atoms with Crippen molar-refractivity contribution in [3.05, 3.63) is 53.7 Å². The number of urea groups is 1. The summed E-state index contributed by atoms with van der Waals surface area (Å²) in [5.41, 5.74) is 8.48. The highest BCUT2D eigenvalue weighted by molar-refractivity contribution is 5.83. The number of amides is 3. The van der Waals surface area contributed by atoms with Crippen LogP contribution in [-0.2, 0) is 11.3 Å². The molecule has 0 spiro atoms. The van der Waals surface area contributed by atoms with Crippen molar-refractivity contribution >= 4 is 23.4 Å². The van der Waals surface area contributed by atoms with E-state index >= 15 is 0 Å². The zero-order valence-corrected chi connectivity index (χ0v) is 16.0. The number of primary amides is 1. The third kappa shape index (κ3) is 4.91. The SMILES string of the molecule is Cc1ccccc1N1CCN(c2ncccc2CNC(=O)CNC(N)=O)CC1. The highest BCUT2D eigenvalue weighted by atomic mass is 16.2. The van der Waals surface area contributed by atoms with E-state index in [9.17, 15) is 9.59 Å². The minimum Gasteiger partial charge on any atom is -0.368 e. The number of carbonyl (C=O) groups excluding carboxylic acids is 2. The van der Waals surface area contributed by atoms with Crippen LogP contribution in [0.2, 0.25) is 0 Å². The number of aryl methyl sites for hydroxylation is 1. The lowest BCUT2D eigenvalue weighted by atomic mass is 10.1. The van der Waals surface area contributed by atoms with Crippen molar-refractivity contribution in [2.24, 2.45) is 5.73 Å². The van der Waals surface area contributed by atoms with E-state index in [1.807, 2.05) is 12.1 Å². The van der Waals surface area contributed by atoms with Crippen LogP contribution in [-0.4, -0.2) is 49.6 Å². The Labute approximate surface area is 164 Å². The quantitative estimate of drug-likeness (QED) is 0.692. The maximum Gasteiger partial charge on any atom is 0.312 e. The molecule has 8 nitrogen and oxygen atoms in total. The van der Waals surface area contributed by atoms with Crippen LogP contribution in [0.15, 0.2) is 42.6 Å². The van der Waals surface area contributed by atoms with E-state index in [4.69, 9.17) is 5.73 Å². The number of hydrogen-bond donors (Lipinski definition) is 3. The Morgan fingerprint density at radius 1 is 1.04 bits per heavy atom. The number of para-hydroxylation sites is 1. The summed E-state index contributed by atoms with van der Waals surface area (Å²) in [5, 5.41) is 5.07. The van der Waals surface area contributed by atoms with Gasteiger partial charge in [-0.3, -0.25) is 4.79 Å². The zero-order chi connectivity index (χ0) is 19.9.